The minimum atomic E-state index is -4.67. The Morgan fingerprint density at radius 3 is 1.29 bits per heavy atom. The number of benzene rings is 2. The molecule has 0 saturated heterocycles. The predicted octanol–water partition coefficient (Wildman–Crippen LogP) is -0.598. The van der Waals surface area contributed by atoms with Crippen molar-refractivity contribution in [3.63, 3.8) is 0 Å². The molecule has 0 heterocycles. The molecular formula is C12H12N4O10S2. The number of quaternary nitrogens is 2. The summed E-state index contributed by atoms with van der Waals surface area (Å²) in [6, 6.07) is 4.81. The SMILES string of the molecule is O=S(=O)(O)c1ccc(N=Nc2ccc(S(=O)(=O)O)cc2[NH+]([O-])O)c([NH+]([O-])O)c1. The van der Waals surface area contributed by atoms with Gasteiger partial charge in [0.2, 0.25) is 0 Å². The third kappa shape index (κ3) is 5.11. The Kier molecular flexibility index (Phi) is 6.21. The molecule has 0 saturated carbocycles. The Balaban J connectivity index is 2.54. The Bertz CT molecular complexity index is 1040. The Morgan fingerprint density at radius 1 is 0.714 bits per heavy atom. The molecule has 2 rings (SSSR count). The van der Waals surface area contributed by atoms with E-state index >= 15 is 0 Å². The van der Waals surface area contributed by atoms with Gasteiger partial charge in [0, 0.05) is 12.1 Å². The molecule has 0 radical (unpaired) electrons. The highest BCUT2D eigenvalue weighted by Gasteiger charge is 2.19. The van der Waals surface area contributed by atoms with E-state index < -0.39 is 51.9 Å². The lowest BCUT2D eigenvalue weighted by molar-refractivity contribution is -0.991. The van der Waals surface area contributed by atoms with Gasteiger partial charge in [-0.3, -0.25) is 9.11 Å². The lowest BCUT2D eigenvalue weighted by Gasteiger charge is -2.15. The van der Waals surface area contributed by atoms with Gasteiger partial charge in [0.05, 0.1) is 0 Å². The zero-order valence-electron chi connectivity index (χ0n) is 13.4. The monoisotopic (exact) mass is 436 g/mol. The molecule has 2 aromatic carbocycles. The Labute approximate surface area is 157 Å². The fraction of sp³-hybridized carbons (Fsp3) is 0. The molecule has 16 heteroatoms. The van der Waals surface area contributed by atoms with Crippen LogP contribution in [0.1, 0.15) is 0 Å². The van der Waals surface area contributed by atoms with Crippen LogP contribution < -0.4 is 10.5 Å². The smallest absolute Gasteiger partial charge is 0.294 e. The van der Waals surface area contributed by atoms with Crippen LogP contribution >= 0.6 is 0 Å². The summed E-state index contributed by atoms with van der Waals surface area (Å²) in [6.07, 6.45) is 0. The first-order valence-corrected chi connectivity index (χ1v) is 9.80. The van der Waals surface area contributed by atoms with Gasteiger partial charge in [-0.25, -0.2) is 10.4 Å². The van der Waals surface area contributed by atoms with Gasteiger partial charge in [0.1, 0.15) is 21.2 Å². The molecule has 0 aliphatic carbocycles. The van der Waals surface area contributed by atoms with Gasteiger partial charge in [-0.05, 0) is 24.3 Å². The first-order chi connectivity index (χ1) is 12.8. The van der Waals surface area contributed by atoms with Crippen LogP contribution in [0.15, 0.2) is 56.4 Å². The van der Waals surface area contributed by atoms with Crippen molar-refractivity contribution < 1.29 is 46.8 Å². The van der Waals surface area contributed by atoms with Crippen LogP contribution in [0.4, 0.5) is 22.7 Å². The summed E-state index contributed by atoms with van der Waals surface area (Å²) in [5, 5.41) is 44.8. The molecule has 0 spiro atoms. The van der Waals surface area contributed by atoms with Crippen LogP contribution in [0.5, 0.6) is 0 Å². The summed E-state index contributed by atoms with van der Waals surface area (Å²) in [5.41, 5.74) is -2.03. The van der Waals surface area contributed by atoms with E-state index in [1.807, 2.05) is 0 Å². The third-order valence-corrected chi connectivity index (χ3v) is 4.96. The fourth-order valence-electron chi connectivity index (χ4n) is 1.98. The molecule has 0 bridgehead atoms. The van der Waals surface area contributed by atoms with Gasteiger partial charge in [0.15, 0.2) is 11.4 Å². The summed E-state index contributed by atoms with van der Waals surface area (Å²) in [4.78, 5) is -1.40. The van der Waals surface area contributed by atoms with E-state index in [9.17, 15) is 27.3 Å². The van der Waals surface area contributed by atoms with Crippen molar-refractivity contribution in [3.8, 4) is 0 Å². The number of rotatable bonds is 6. The highest BCUT2D eigenvalue weighted by Crippen LogP contribution is 2.30. The number of hydrogen-bond acceptors (Lipinski definition) is 10. The van der Waals surface area contributed by atoms with Gasteiger partial charge >= 0.3 is 0 Å². The Morgan fingerprint density at radius 2 is 1.04 bits per heavy atom. The lowest BCUT2D eigenvalue weighted by atomic mass is 10.2. The minimum absolute atomic E-state index is 0.366. The molecule has 0 aliphatic heterocycles. The van der Waals surface area contributed by atoms with Gasteiger partial charge in [0.25, 0.3) is 20.2 Å². The van der Waals surface area contributed by atoms with Crippen LogP contribution in [0.25, 0.3) is 0 Å². The molecule has 2 atom stereocenters. The van der Waals surface area contributed by atoms with Gasteiger partial charge in [-0.2, -0.15) is 27.3 Å². The second-order valence-electron chi connectivity index (χ2n) is 5.12. The average Bonchev–Trinajstić information content (AvgIpc) is 2.57. The van der Waals surface area contributed by atoms with E-state index in [1.165, 1.54) is 0 Å². The molecule has 2 unspecified atom stereocenters. The minimum Gasteiger partial charge on any atom is -0.595 e. The molecule has 152 valence electrons. The maximum absolute atomic E-state index is 11.3. The normalized spacial score (nSPS) is 14.9. The second-order valence-corrected chi connectivity index (χ2v) is 7.96. The lowest BCUT2D eigenvalue weighted by Crippen LogP contribution is -2.99. The van der Waals surface area contributed by atoms with Gasteiger partial charge < -0.3 is 10.4 Å². The fourth-order valence-corrected chi connectivity index (χ4v) is 2.99. The summed E-state index contributed by atoms with van der Waals surface area (Å²) in [5.74, 6) is 0. The van der Waals surface area contributed by atoms with Gasteiger partial charge in [-0.15, -0.1) is 10.2 Å². The maximum atomic E-state index is 11.3. The molecule has 2 aromatic rings. The quantitative estimate of drug-likeness (QED) is 0.191. The number of nitrogens with one attached hydrogen (secondary N) is 2. The van der Waals surface area contributed by atoms with E-state index in [1.54, 1.807) is 0 Å². The standard InChI is InChI=1S/C12H12N4O10S2/c17-15(18)11-5-7(27(21,22)23)1-3-9(11)13-14-10-4-2-8(28(24,25)26)6-12(10)16(19)20/h1-6,15-17,19H,(H,21,22,23)(H,24,25,26). The molecule has 0 aromatic heterocycles. The van der Waals surface area contributed by atoms with E-state index in [2.05, 4.69) is 10.2 Å². The van der Waals surface area contributed by atoms with Crippen LogP contribution in [0.3, 0.4) is 0 Å². The zero-order valence-corrected chi connectivity index (χ0v) is 15.0. The maximum Gasteiger partial charge on any atom is 0.294 e. The topological polar surface area (TPSA) is 229 Å². The third-order valence-electron chi connectivity index (χ3n) is 3.26. The van der Waals surface area contributed by atoms with Crippen LogP contribution in [-0.2, 0) is 20.2 Å². The van der Waals surface area contributed by atoms with Crippen LogP contribution in [0.2, 0.25) is 0 Å². The van der Waals surface area contributed by atoms with Crippen LogP contribution in [0, 0.1) is 10.4 Å². The average molecular weight is 436 g/mol. The van der Waals surface area contributed by atoms with Crippen molar-refractivity contribution in [1.29, 1.82) is 0 Å². The van der Waals surface area contributed by atoms with Crippen molar-refractivity contribution in [2.24, 2.45) is 10.2 Å². The van der Waals surface area contributed by atoms with E-state index in [0.29, 0.717) is 12.1 Å². The molecule has 0 amide bonds. The van der Waals surface area contributed by atoms with E-state index in [-0.39, 0.29) is 11.4 Å². The van der Waals surface area contributed by atoms with Crippen molar-refractivity contribution in [1.82, 2.24) is 0 Å². The number of hydrogen-bond donors (Lipinski definition) is 6. The Hall–Kier alpha value is -2.38. The van der Waals surface area contributed by atoms with E-state index in [4.69, 9.17) is 19.5 Å². The summed E-state index contributed by atoms with van der Waals surface area (Å²) < 4.78 is 62.4. The predicted molar refractivity (Wildman–Crippen MR) is 88.2 cm³/mol. The second kappa shape index (κ2) is 7.93. The largest absolute Gasteiger partial charge is 0.595 e. The van der Waals surface area contributed by atoms with Crippen LogP contribution in [-0.4, -0.2) is 36.4 Å². The highest BCUT2D eigenvalue weighted by molar-refractivity contribution is 7.86. The summed E-state index contributed by atoms with van der Waals surface area (Å²) in [7, 11) is -9.35. The molecular weight excluding hydrogens is 424 g/mol. The highest BCUT2D eigenvalue weighted by atomic mass is 32.2. The molecule has 0 aliphatic rings. The first-order valence-electron chi connectivity index (χ1n) is 6.92. The molecule has 28 heavy (non-hydrogen) atoms. The van der Waals surface area contributed by atoms with Crippen molar-refractivity contribution >= 4 is 43.0 Å². The molecule has 0 fully saturated rings. The van der Waals surface area contributed by atoms with Gasteiger partial charge in [-0.1, -0.05) is 0 Å². The summed E-state index contributed by atoms with van der Waals surface area (Å²) in [6.45, 7) is 0. The number of nitrogens with zero attached hydrogens (tertiary/aromatic N) is 2. The summed E-state index contributed by atoms with van der Waals surface area (Å²) >= 11 is 0. The first kappa shape index (κ1) is 21.9. The van der Waals surface area contributed by atoms with Crippen molar-refractivity contribution in [2.75, 3.05) is 0 Å². The van der Waals surface area contributed by atoms with Crippen molar-refractivity contribution in [2.45, 2.75) is 9.79 Å². The van der Waals surface area contributed by atoms with Crippen molar-refractivity contribution in [3.05, 3.63) is 46.8 Å². The molecule has 6 N–H and O–H groups in total. The zero-order chi connectivity index (χ0) is 21.3. The van der Waals surface area contributed by atoms with E-state index in [0.717, 1.165) is 24.3 Å². The number of azo groups is 1. The molecule has 14 nitrogen and oxygen atoms in total.